The summed E-state index contributed by atoms with van der Waals surface area (Å²) in [6.07, 6.45) is 2.74. The van der Waals surface area contributed by atoms with Crippen molar-refractivity contribution in [1.82, 2.24) is 18.9 Å². The number of methoxy groups -OCH3 is 1. The van der Waals surface area contributed by atoms with Crippen LogP contribution < -0.4 is 11.0 Å². The Hall–Kier alpha value is -3.00. The zero-order valence-corrected chi connectivity index (χ0v) is 17.6. The van der Waals surface area contributed by atoms with E-state index in [1.807, 2.05) is 11.0 Å². The molecule has 3 aromatic heterocycles. The van der Waals surface area contributed by atoms with Crippen LogP contribution in [0.1, 0.15) is 30.6 Å². The van der Waals surface area contributed by atoms with E-state index in [0.717, 1.165) is 6.42 Å². The molecular weight excluding hydrogens is 382 g/mol. The van der Waals surface area contributed by atoms with Gasteiger partial charge in [0.05, 0.1) is 17.6 Å². The molecular formula is C22H27N5O3. The molecule has 2 atom stereocenters. The van der Waals surface area contributed by atoms with Crippen LogP contribution >= 0.6 is 0 Å². The summed E-state index contributed by atoms with van der Waals surface area (Å²) >= 11 is 0. The molecule has 1 N–H and O–H groups in total. The molecule has 0 aliphatic carbocycles. The molecule has 0 saturated carbocycles. The lowest BCUT2D eigenvalue weighted by molar-refractivity contribution is 0.0620. The molecule has 1 aliphatic heterocycles. The van der Waals surface area contributed by atoms with Crippen molar-refractivity contribution in [3.63, 3.8) is 0 Å². The van der Waals surface area contributed by atoms with E-state index in [9.17, 15) is 9.59 Å². The molecule has 1 fully saturated rings. The van der Waals surface area contributed by atoms with Crippen molar-refractivity contribution in [3.05, 3.63) is 51.9 Å². The van der Waals surface area contributed by atoms with E-state index >= 15 is 0 Å². The molecule has 2 unspecified atom stereocenters. The second kappa shape index (κ2) is 8.02. The summed E-state index contributed by atoms with van der Waals surface area (Å²) in [5.74, 6) is 0.609. The van der Waals surface area contributed by atoms with Gasteiger partial charge in [-0.1, -0.05) is 19.9 Å². The Morgan fingerprint density at radius 3 is 2.70 bits per heavy atom. The van der Waals surface area contributed by atoms with Gasteiger partial charge in [0.15, 0.2) is 0 Å². The van der Waals surface area contributed by atoms with Gasteiger partial charge < -0.3 is 14.2 Å². The molecule has 1 amide bonds. The van der Waals surface area contributed by atoms with Gasteiger partial charge in [0.25, 0.3) is 11.5 Å². The van der Waals surface area contributed by atoms with Crippen LogP contribution in [0.25, 0.3) is 16.7 Å². The quantitative estimate of drug-likeness (QED) is 0.666. The fraction of sp³-hybridized carbons (Fsp3) is 0.455. The van der Waals surface area contributed by atoms with Crippen molar-refractivity contribution in [2.75, 3.05) is 26.8 Å². The van der Waals surface area contributed by atoms with Gasteiger partial charge in [0.1, 0.15) is 16.8 Å². The zero-order valence-electron chi connectivity index (χ0n) is 17.6. The summed E-state index contributed by atoms with van der Waals surface area (Å²) in [6.45, 7) is 6.27. The maximum atomic E-state index is 13.4. The molecule has 8 heteroatoms. The minimum Gasteiger partial charge on any atom is -0.383 e. The molecule has 1 aliphatic rings. The fourth-order valence-corrected chi connectivity index (χ4v) is 4.45. The Labute approximate surface area is 174 Å². The van der Waals surface area contributed by atoms with Crippen LogP contribution in [0.3, 0.4) is 0 Å². The van der Waals surface area contributed by atoms with Gasteiger partial charge in [0.2, 0.25) is 0 Å². The summed E-state index contributed by atoms with van der Waals surface area (Å²) in [5.41, 5.74) is 0.928. The summed E-state index contributed by atoms with van der Waals surface area (Å²) in [4.78, 5) is 33.0. The number of likely N-dealkylation sites (tertiary alicyclic amines) is 1. The number of fused-ring (bicyclic) bond motifs is 2. The van der Waals surface area contributed by atoms with E-state index in [0.29, 0.717) is 54.8 Å². The molecule has 0 radical (unpaired) electrons. The Kier molecular flexibility index (Phi) is 5.42. The first-order valence-electron chi connectivity index (χ1n) is 10.3. The van der Waals surface area contributed by atoms with Gasteiger partial charge in [0, 0.05) is 32.9 Å². The van der Waals surface area contributed by atoms with Gasteiger partial charge in [-0.05, 0) is 36.5 Å². The number of piperidine rings is 1. The van der Waals surface area contributed by atoms with E-state index in [4.69, 9.17) is 10.1 Å². The third kappa shape index (κ3) is 3.52. The minimum atomic E-state index is -0.254. The zero-order chi connectivity index (χ0) is 21.4. The van der Waals surface area contributed by atoms with Crippen molar-refractivity contribution in [1.29, 1.82) is 5.41 Å². The van der Waals surface area contributed by atoms with Gasteiger partial charge in [-0.3, -0.25) is 19.4 Å². The summed E-state index contributed by atoms with van der Waals surface area (Å²) in [5, 5.41) is 9.07. The predicted molar refractivity (Wildman–Crippen MR) is 114 cm³/mol. The molecule has 30 heavy (non-hydrogen) atoms. The molecule has 1 saturated heterocycles. The van der Waals surface area contributed by atoms with E-state index in [1.165, 1.54) is 4.40 Å². The summed E-state index contributed by atoms with van der Waals surface area (Å²) in [7, 11) is 1.58. The first-order valence-corrected chi connectivity index (χ1v) is 10.3. The normalized spacial score (nSPS) is 19.5. The van der Waals surface area contributed by atoms with Crippen molar-refractivity contribution < 1.29 is 9.53 Å². The average Bonchev–Trinajstić information content (AvgIpc) is 2.72. The van der Waals surface area contributed by atoms with Crippen molar-refractivity contribution in [2.24, 2.45) is 11.8 Å². The molecule has 4 heterocycles. The number of carbonyl (C=O) groups is 1. The number of nitrogens with zero attached hydrogens (tertiary/aromatic N) is 4. The summed E-state index contributed by atoms with van der Waals surface area (Å²) in [6, 6.07) is 6.87. The number of rotatable bonds is 4. The van der Waals surface area contributed by atoms with Crippen LogP contribution in [0.5, 0.6) is 0 Å². The molecule has 8 nitrogen and oxygen atoms in total. The maximum absolute atomic E-state index is 13.4. The second-order valence-electron chi connectivity index (χ2n) is 8.29. The largest absolute Gasteiger partial charge is 0.383 e. The lowest BCUT2D eigenvalue weighted by Gasteiger charge is -2.35. The number of hydrogen-bond donors (Lipinski definition) is 1. The van der Waals surface area contributed by atoms with Crippen LogP contribution in [0.4, 0.5) is 0 Å². The number of aromatic nitrogens is 3. The highest BCUT2D eigenvalue weighted by Crippen LogP contribution is 2.22. The molecule has 3 aromatic rings. The highest BCUT2D eigenvalue weighted by Gasteiger charge is 2.28. The van der Waals surface area contributed by atoms with Gasteiger partial charge in [-0.15, -0.1) is 0 Å². The Morgan fingerprint density at radius 2 is 2.00 bits per heavy atom. The fourth-order valence-electron chi connectivity index (χ4n) is 4.45. The molecule has 0 bridgehead atoms. The number of ether oxygens (including phenoxy) is 1. The Balaban J connectivity index is 1.94. The third-order valence-electron chi connectivity index (χ3n) is 5.72. The highest BCUT2D eigenvalue weighted by atomic mass is 16.5. The number of carbonyl (C=O) groups excluding carboxylic acids is 1. The van der Waals surface area contributed by atoms with Crippen LogP contribution in [0, 0.1) is 17.2 Å². The highest BCUT2D eigenvalue weighted by molar-refractivity contribution is 5.97. The summed E-state index contributed by atoms with van der Waals surface area (Å²) < 4.78 is 8.27. The third-order valence-corrected chi connectivity index (χ3v) is 5.72. The van der Waals surface area contributed by atoms with E-state index in [1.54, 1.807) is 36.1 Å². The van der Waals surface area contributed by atoms with Gasteiger partial charge in [-0.25, -0.2) is 4.98 Å². The van der Waals surface area contributed by atoms with Gasteiger partial charge in [-0.2, -0.15) is 0 Å². The standard InChI is InChI=1S/C22H27N5O3/c1-14-10-15(2)13-25(12-14)21(28)16-11-17-20(27(19(16)23)8-9-30-3)24-18-6-4-5-7-26(18)22(17)29/h4-7,11,14-15,23H,8-10,12-13H2,1-3H3. The smallest absolute Gasteiger partial charge is 0.267 e. The Morgan fingerprint density at radius 1 is 1.27 bits per heavy atom. The minimum absolute atomic E-state index is 0.0580. The maximum Gasteiger partial charge on any atom is 0.267 e. The molecule has 0 aromatic carbocycles. The van der Waals surface area contributed by atoms with Crippen LogP contribution in [-0.4, -0.2) is 51.6 Å². The van der Waals surface area contributed by atoms with Crippen LogP contribution in [0.15, 0.2) is 35.3 Å². The molecule has 4 rings (SSSR count). The number of pyridine rings is 2. The lowest BCUT2D eigenvalue weighted by Crippen LogP contribution is -2.45. The average molecular weight is 409 g/mol. The van der Waals surface area contributed by atoms with E-state index in [-0.39, 0.29) is 22.5 Å². The Bertz CT molecular complexity index is 1220. The first-order chi connectivity index (χ1) is 14.4. The number of hydrogen-bond acceptors (Lipinski definition) is 5. The van der Waals surface area contributed by atoms with E-state index in [2.05, 4.69) is 18.8 Å². The monoisotopic (exact) mass is 409 g/mol. The van der Waals surface area contributed by atoms with Crippen molar-refractivity contribution in [2.45, 2.75) is 26.8 Å². The van der Waals surface area contributed by atoms with Crippen molar-refractivity contribution in [3.8, 4) is 0 Å². The van der Waals surface area contributed by atoms with Crippen LogP contribution in [0.2, 0.25) is 0 Å². The van der Waals surface area contributed by atoms with Crippen LogP contribution in [-0.2, 0) is 11.3 Å². The van der Waals surface area contributed by atoms with E-state index < -0.39 is 0 Å². The lowest BCUT2D eigenvalue weighted by atomic mass is 9.91. The predicted octanol–water partition coefficient (Wildman–Crippen LogP) is 1.89. The van der Waals surface area contributed by atoms with Gasteiger partial charge >= 0.3 is 0 Å². The first kappa shape index (κ1) is 20.3. The number of nitrogens with one attached hydrogen (secondary N) is 1. The number of amides is 1. The molecule has 0 spiro atoms. The van der Waals surface area contributed by atoms with Crippen molar-refractivity contribution >= 4 is 22.6 Å². The molecule has 158 valence electrons. The second-order valence-corrected chi connectivity index (χ2v) is 8.29. The SMILES string of the molecule is COCCn1c(=N)c(C(=O)N2CC(C)CC(C)C2)cc2c(=O)n3ccccc3nc21. The topological polar surface area (TPSA) is 92.7 Å².